The van der Waals surface area contributed by atoms with Gasteiger partial charge in [-0.25, -0.2) is 0 Å². The molecule has 0 aromatic heterocycles. The second-order valence-electron chi connectivity index (χ2n) is 7.35. The maximum Gasteiger partial charge on any atom is 0.339 e. The lowest BCUT2D eigenvalue weighted by Crippen LogP contribution is -2.44. The fraction of sp³-hybridized carbons (Fsp3) is 0.208. The number of nitrogens with zero attached hydrogens (tertiary/aromatic N) is 1. The molecule has 7 heteroatoms. The summed E-state index contributed by atoms with van der Waals surface area (Å²) in [5.74, 6) is 0.163. The predicted molar refractivity (Wildman–Crippen MR) is 116 cm³/mol. The molecule has 1 heterocycles. The van der Waals surface area contributed by atoms with Gasteiger partial charge < -0.3 is 13.8 Å². The molecule has 0 spiro atoms. The second kappa shape index (κ2) is 8.91. The van der Waals surface area contributed by atoms with Crippen LogP contribution in [0.5, 0.6) is 5.75 Å². The van der Waals surface area contributed by atoms with Crippen LogP contribution in [-0.2, 0) is 19.6 Å². The molecule has 0 radical (unpaired) electrons. The molecule has 0 N–H and O–H groups in total. The molecular formula is C24H23NO5S. The average Bonchev–Trinajstić information content (AvgIpc) is 2.80. The molecule has 1 aliphatic heterocycles. The largest absolute Gasteiger partial charge is 0.379 e. The monoisotopic (exact) mass is 437 g/mol. The van der Waals surface area contributed by atoms with Crippen molar-refractivity contribution in [2.24, 2.45) is 0 Å². The van der Waals surface area contributed by atoms with Gasteiger partial charge in [-0.15, -0.1) is 0 Å². The molecule has 1 fully saturated rings. The van der Waals surface area contributed by atoms with Crippen LogP contribution in [0.15, 0.2) is 89.8 Å². The Morgan fingerprint density at radius 2 is 1.55 bits per heavy atom. The zero-order chi connectivity index (χ0) is 21.8. The van der Waals surface area contributed by atoms with Crippen molar-refractivity contribution in [2.75, 3.05) is 13.2 Å². The predicted octanol–water partition coefficient (Wildman–Crippen LogP) is 4.12. The van der Waals surface area contributed by atoms with Crippen molar-refractivity contribution in [3.63, 3.8) is 0 Å². The summed E-state index contributed by atoms with van der Waals surface area (Å²) in [6.45, 7) is 2.42. The Labute approximate surface area is 182 Å². The smallest absolute Gasteiger partial charge is 0.339 e. The van der Waals surface area contributed by atoms with Crippen LogP contribution in [0.4, 0.5) is 0 Å². The van der Waals surface area contributed by atoms with E-state index in [4.69, 9.17) is 8.92 Å². The minimum absolute atomic E-state index is 0.00246. The zero-order valence-electron chi connectivity index (χ0n) is 17.0. The molecule has 4 rings (SSSR count). The molecule has 0 aliphatic carbocycles. The first-order chi connectivity index (χ1) is 14.9. The van der Waals surface area contributed by atoms with Crippen LogP contribution in [0.3, 0.4) is 0 Å². The maximum atomic E-state index is 12.4. The van der Waals surface area contributed by atoms with Crippen LogP contribution in [-0.4, -0.2) is 32.4 Å². The lowest BCUT2D eigenvalue weighted by atomic mass is 10.0. The number of hydrogen-bond donors (Lipinski definition) is 0. The van der Waals surface area contributed by atoms with Crippen molar-refractivity contribution >= 4 is 16.0 Å². The first-order valence-corrected chi connectivity index (χ1v) is 11.4. The van der Waals surface area contributed by atoms with E-state index < -0.39 is 10.1 Å². The van der Waals surface area contributed by atoms with Crippen molar-refractivity contribution in [2.45, 2.75) is 24.0 Å². The van der Waals surface area contributed by atoms with Gasteiger partial charge in [-0.1, -0.05) is 60.7 Å². The molecule has 160 valence electrons. The third-order valence-electron chi connectivity index (χ3n) is 5.33. The summed E-state index contributed by atoms with van der Waals surface area (Å²) in [4.78, 5) is 14.4. The van der Waals surface area contributed by atoms with E-state index in [2.05, 4.69) is 0 Å². The van der Waals surface area contributed by atoms with Crippen LogP contribution in [0.25, 0.3) is 0 Å². The second-order valence-corrected chi connectivity index (χ2v) is 8.90. The van der Waals surface area contributed by atoms with E-state index in [1.54, 1.807) is 42.5 Å². The average molecular weight is 438 g/mol. The Morgan fingerprint density at radius 1 is 0.935 bits per heavy atom. The van der Waals surface area contributed by atoms with Gasteiger partial charge >= 0.3 is 10.1 Å². The van der Waals surface area contributed by atoms with Crippen molar-refractivity contribution in [3.8, 4) is 5.75 Å². The van der Waals surface area contributed by atoms with Gasteiger partial charge in [0.25, 0.3) is 0 Å². The number of hydrogen-bond acceptors (Lipinski definition) is 5. The highest BCUT2D eigenvalue weighted by molar-refractivity contribution is 7.87. The fourth-order valence-corrected chi connectivity index (χ4v) is 4.53. The minimum atomic E-state index is -3.89. The summed E-state index contributed by atoms with van der Waals surface area (Å²) in [6, 6.07) is 24.5. The van der Waals surface area contributed by atoms with E-state index in [0.29, 0.717) is 6.54 Å². The van der Waals surface area contributed by atoms with Gasteiger partial charge in [0, 0.05) is 0 Å². The number of ether oxygens (including phenoxy) is 1. The third-order valence-corrected chi connectivity index (χ3v) is 6.59. The summed E-state index contributed by atoms with van der Waals surface area (Å²) in [5, 5.41) is 0. The molecule has 0 bridgehead atoms. The molecule has 1 aliphatic rings. The Hall–Kier alpha value is -3.16. The molecule has 1 saturated heterocycles. The molecule has 1 amide bonds. The van der Waals surface area contributed by atoms with E-state index in [1.807, 2.05) is 42.2 Å². The van der Waals surface area contributed by atoms with E-state index in [9.17, 15) is 13.2 Å². The molecule has 6 nitrogen and oxygen atoms in total. The van der Waals surface area contributed by atoms with E-state index in [-0.39, 0.29) is 35.3 Å². The topological polar surface area (TPSA) is 72.9 Å². The highest BCUT2D eigenvalue weighted by Crippen LogP contribution is 2.30. The molecular weight excluding hydrogens is 414 g/mol. The molecule has 3 aromatic carbocycles. The van der Waals surface area contributed by atoms with Crippen LogP contribution in [0.1, 0.15) is 30.2 Å². The summed E-state index contributed by atoms with van der Waals surface area (Å²) >= 11 is 0. The summed E-state index contributed by atoms with van der Waals surface area (Å²) in [6.07, 6.45) is -0.302. The number of benzene rings is 3. The fourth-order valence-electron chi connectivity index (χ4n) is 3.58. The summed E-state index contributed by atoms with van der Waals surface area (Å²) in [7, 11) is -3.89. The first-order valence-electron chi connectivity index (χ1n) is 9.99. The van der Waals surface area contributed by atoms with Gasteiger partial charge in [-0.2, -0.15) is 8.42 Å². The third kappa shape index (κ3) is 4.78. The van der Waals surface area contributed by atoms with Crippen molar-refractivity contribution in [1.29, 1.82) is 0 Å². The number of carbonyl (C=O) groups is 1. The maximum absolute atomic E-state index is 12.4. The van der Waals surface area contributed by atoms with Crippen molar-refractivity contribution < 1.29 is 22.1 Å². The first kappa shape index (κ1) is 21.1. The lowest BCUT2D eigenvalue weighted by Gasteiger charge is -2.37. The molecule has 0 saturated carbocycles. The molecule has 3 aromatic rings. The van der Waals surface area contributed by atoms with Crippen LogP contribution >= 0.6 is 0 Å². The number of rotatable bonds is 6. The van der Waals surface area contributed by atoms with Gasteiger partial charge in [0.1, 0.15) is 23.4 Å². The van der Waals surface area contributed by atoms with Crippen molar-refractivity contribution in [3.05, 3.63) is 96.1 Å². The number of carbonyl (C=O) groups excluding carboxylic acids is 1. The van der Waals surface area contributed by atoms with Crippen molar-refractivity contribution in [1.82, 2.24) is 4.90 Å². The minimum Gasteiger partial charge on any atom is -0.379 e. The Bertz CT molecular complexity index is 1130. The normalized spacial score (nSPS) is 17.9. The highest BCUT2D eigenvalue weighted by atomic mass is 32.2. The van der Waals surface area contributed by atoms with E-state index in [1.165, 1.54) is 12.1 Å². The van der Waals surface area contributed by atoms with Gasteiger partial charge in [0.15, 0.2) is 0 Å². The van der Waals surface area contributed by atoms with Gasteiger partial charge in [-0.05, 0) is 42.3 Å². The number of amides is 1. The highest BCUT2D eigenvalue weighted by Gasteiger charge is 2.31. The van der Waals surface area contributed by atoms with Gasteiger partial charge in [-0.3, -0.25) is 4.79 Å². The quantitative estimate of drug-likeness (QED) is 0.543. The molecule has 31 heavy (non-hydrogen) atoms. The Balaban J connectivity index is 1.47. The summed E-state index contributed by atoms with van der Waals surface area (Å²) in [5.41, 5.74) is 1.91. The molecule has 2 atom stereocenters. The Kier molecular flexibility index (Phi) is 6.06. The van der Waals surface area contributed by atoms with Crippen LogP contribution < -0.4 is 4.18 Å². The van der Waals surface area contributed by atoms with Crippen LogP contribution in [0, 0.1) is 0 Å². The Morgan fingerprint density at radius 3 is 2.19 bits per heavy atom. The number of morpholine rings is 1. The standard InChI is InChI=1S/C24H23NO5S/c1-18(19-8-4-2-5-9-19)25-16-23(29-17-24(25)26)20-12-14-21(15-13-20)30-31(27,28)22-10-6-3-7-11-22/h2-15,18,23H,16-17H2,1H3/t18-,23-/m0/s1. The van der Waals surface area contributed by atoms with Gasteiger partial charge in [0.05, 0.1) is 12.6 Å². The van der Waals surface area contributed by atoms with Gasteiger partial charge in [0.2, 0.25) is 5.91 Å². The zero-order valence-corrected chi connectivity index (χ0v) is 17.9. The van der Waals surface area contributed by atoms with E-state index in [0.717, 1.165) is 11.1 Å². The van der Waals surface area contributed by atoms with E-state index >= 15 is 0 Å². The van der Waals surface area contributed by atoms with Crippen LogP contribution in [0.2, 0.25) is 0 Å². The SMILES string of the molecule is C[C@@H](c1ccccc1)N1C[C@@H](c2ccc(OS(=O)(=O)c3ccccc3)cc2)OCC1=O. The lowest BCUT2D eigenvalue weighted by molar-refractivity contribution is -0.152. The summed E-state index contributed by atoms with van der Waals surface area (Å²) < 4.78 is 35.8. The molecule has 0 unspecified atom stereocenters.